The molecule has 4 heteroatoms. The Labute approximate surface area is 127 Å². The Balaban J connectivity index is 2.05. The van der Waals surface area contributed by atoms with Gasteiger partial charge in [0.15, 0.2) is 0 Å². The summed E-state index contributed by atoms with van der Waals surface area (Å²) >= 11 is 0. The summed E-state index contributed by atoms with van der Waals surface area (Å²) in [4.78, 5) is 16.7. The summed E-state index contributed by atoms with van der Waals surface area (Å²) in [6, 6.07) is 8.05. The topological polar surface area (TPSA) is 32.8 Å². The van der Waals surface area contributed by atoms with E-state index < -0.39 is 0 Å². The summed E-state index contributed by atoms with van der Waals surface area (Å²) in [6.07, 6.45) is 0.380. The van der Waals surface area contributed by atoms with Crippen molar-refractivity contribution in [1.82, 2.24) is 4.90 Å². The van der Waals surface area contributed by atoms with Gasteiger partial charge in [-0.2, -0.15) is 0 Å². The number of anilines is 1. The number of ether oxygens (including phenoxy) is 1. The first-order valence-corrected chi connectivity index (χ1v) is 7.75. The number of hydrogen-bond acceptors (Lipinski definition) is 3. The van der Waals surface area contributed by atoms with Crippen LogP contribution in [0.1, 0.15) is 26.3 Å². The molecule has 2 atom stereocenters. The summed E-state index contributed by atoms with van der Waals surface area (Å²) in [5.41, 5.74) is 2.15. The molecule has 0 N–H and O–H groups in total. The Kier molecular flexibility index (Phi) is 5.37. The normalized spacial score (nSPS) is 23.0. The van der Waals surface area contributed by atoms with Gasteiger partial charge in [0.05, 0.1) is 18.8 Å². The molecule has 1 aliphatic heterocycles. The van der Waals surface area contributed by atoms with Crippen molar-refractivity contribution in [2.24, 2.45) is 0 Å². The zero-order valence-corrected chi connectivity index (χ0v) is 13.5. The van der Waals surface area contributed by atoms with Gasteiger partial charge in [-0.1, -0.05) is 18.2 Å². The molecule has 2 unspecified atom stereocenters. The van der Waals surface area contributed by atoms with E-state index in [1.165, 1.54) is 0 Å². The molecule has 0 aliphatic carbocycles. The number of benzene rings is 1. The summed E-state index contributed by atoms with van der Waals surface area (Å²) in [6.45, 7) is 11.0. The minimum Gasteiger partial charge on any atom is -0.373 e. The van der Waals surface area contributed by atoms with Crippen molar-refractivity contribution in [2.45, 2.75) is 39.9 Å². The van der Waals surface area contributed by atoms with Crippen molar-refractivity contribution in [2.75, 3.05) is 31.1 Å². The summed E-state index contributed by atoms with van der Waals surface area (Å²) in [7, 11) is 0. The highest BCUT2D eigenvalue weighted by Crippen LogP contribution is 2.20. The van der Waals surface area contributed by atoms with E-state index in [9.17, 15) is 4.79 Å². The quantitative estimate of drug-likeness (QED) is 0.854. The Morgan fingerprint density at radius 1 is 1.29 bits per heavy atom. The van der Waals surface area contributed by atoms with Crippen molar-refractivity contribution in [1.29, 1.82) is 0 Å². The molecule has 1 heterocycles. The molecule has 1 aromatic carbocycles. The number of carbonyl (C=O) groups is 1. The lowest BCUT2D eigenvalue weighted by Gasteiger charge is -2.36. The predicted octanol–water partition coefficient (Wildman–Crippen LogP) is 2.46. The van der Waals surface area contributed by atoms with E-state index in [1.807, 2.05) is 43.0 Å². The molecule has 0 bridgehead atoms. The van der Waals surface area contributed by atoms with Gasteiger partial charge in [0.25, 0.3) is 0 Å². The Morgan fingerprint density at radius 2 is 1.90 bits per heavy atom. The zero-order chi connectivity index (χ0) is 15.4. The van der Waals surface area contributed by atoms with E-state index in [1.54, 1.807) is 0 Å². The van der Waals surface area contributed by atoms with Crippen LogP contribution in [0.25, 0.3) is 0 Å². The van der Waals surface area contributed by atoms with Gasteiger partial charge in [0.1, 0.15) is 0 Å². The number of morpholine rings is 1. The Hall–Kier alpha value is -1.39. The minimum atomic E-state index is 0.160. The van der Waals surface area contributed by atoms with Gasteiger partial charge < -0.3 is 9.64 Å². The molecular weight excluding hydrogens is 264 g/mol. The van der Waals surface area contributed by atoms with E-state index in [-0.39, 0.29) is 18.1 Å². The fraction of sp³-hybridized carbons (Fsp3) is 0.588. The summed E-state index contributed by atoms with van der Waals surface area (Å²) in [5, 5.41) is 0. The molecule has 1 amide bonds. The number of rotatable bonds is 4. The molecule has 1 aromatic rings. The minimum absolute atomic E-state index is 0.160. The monoisotopic (exact) mass is 290 g/mol. The highest BCUT2D eigenvalue weighted by molar-refractivity contribution is 5.95. The highest BCUT2D eigenvalue weighted by atomic mass is 16.5. The van der Waals surface area contributed by atoms with E-state index in [0.29, 0.717) is 13.1 Å². The number of carbonyl (C=O) groups excluding carboxylic acids is 1. The van der Waals surface area contributed by atoms with Gasteiger partial charge in [-0.05, 0) is 39.3 Å². The fourth-order valence-electron chi connectivity index (χ4n) is 3.04. The largest absolute Gasteiger partial charge is 0.373 e. The maximum absolute atomic E-state index is 12.7. The lowest BCUT2D eigenvalue weighted by Crippen LogP contribution is -2.50. The van der Waals surface area contributed by atoms with Crippen LogP contribution in [0.2, 0.25) is 0 Å². The van der Waals surface area contributed by atoms with Gasteiger partial charge in [-0.3, -0.25) is 9.69 Å². The predicted molar refractivity (Wildman–Crippen MR) is 85.7 cm³/mol. The van der Waals surface area contributed by atoms with E-state index >= 15 is 0 Å². The van der Waals surface area contributed by atoms with Crippen LogP contribution in [0.3, 0.4) is 0 Å². The molecule has 116 valence electrons. The number of aryl methyl sites for hydroxylation is 1. The number of para-hydroxylation sites is 1. The maximum Gasteiger partial charge on any atom is 0.241 e. The molecule has 21 heavy (non-hydrogen) atoms. The first-order valence-electron chi connectivity index (χ1n) is 7.75. The molecule has 0 spiro atoms. The summed E-state index contributed by atoms with van der Waals surface area (Å²) < 4.78 is 5.72. The lowest BCUT2D eigenvalue weighted by atomic mass is 10.1. The smallest absolute Gasteiger partial charge is 0.241 e. The first-order chi connectivity index (χ1) is 10.0. The maximum atomic E-state index is 12.7. The second kappa shape index (κ2) is 7.05. The summed E-state index contributed by atoms with van der Waals surface area (Å²) in [5.74, 6) is 0.160. The number of hydrogen-bond donors (Lipinski definition) is 0. The third-order valence-corrected chi connectivity index (χ3v) is 3.88. The second-order valence-electron chi connectivity index (χ2n) is 5.88. The lowest BCUT2D eigenvalue weighted by molar-refractivity contribution is -0.123. The molecule has 0 aromatic heterocycles. The SMILES string of the molecule is CCN(C(=O)CN1CC(C)OC(C)C1)c1ccccc1C. The fourth-order valence-corrected chi connectivity index (χ4v) is 3.04. The molecule has 4 nitrogen and oxygen atoms in total. The van der Waals surface area contributed by atoms with Crippen LogP contribution < -0.4 is 4.90 Å². The van der Waals surface area contributed by atoms with Crippen LogP contribution in [0.5, 0.6) is 0 Å². The van der Waals surface area contributed by atoms with E-state index in [0.717, 1.165) is 24.3 Å². The highest BCUT2D eigenvalue weighted by Gasteiger charge is 2.25. The van der Waals surface area contributed by atoms with Gasteiger partial charge in [0.2, 0.25) is 5.91 Å². The van der Waals surface area contributed by atoms with Gasteiger partial charge in [-0.25, -0.2) is 0 Å². The van der Waals surface area contributed by atoms with Crippen LogP contribution in [-0.4, -0.2) is 49.2 Å². The average molecular weight is 290 g/mol. The van der Waals surface area contributed by atoms with Crippen molar-refractivity contribution in [3.05, 3.63) is 29.8 Å². The molecule has 1 saturated heterocycles. The molecule has 0 saturated carbocycles. The van der Waals surface area contributed by atoms with E-state index in [4.69, 9.17) is 4.74 Å². The van der Waals surface area contributed by atoms with Gasteiger partial charge in [0, 0.05) is 25.3 Å². The van der Waals surface area contributed by atoms with Crippen molar-refractivity contribution in [3.8, 4) is 0 Å². The zero-order valence-electron chi connectivity index (χ0n) is 13.5. The van der Waals surface area contributed by atoms with Crippen LogP contribution in [0, 0.1) is 6.92 Å². The standard InChI is InChI=1S/C17H26N2O2/c1-5-19(16-9-7-6-8-13(16)2)17(20)12-18-10-14(3)21-15(4)11-18/h6-9,14-15H,5,10-12H2,1-4H3. The van der Waals surface area contributed by atoms with Crippen molar-refractivity contribution < 1.29 is 9.53 Å². The van der Waals surface area contributed by atoms with Gasteiger partial charge in [-0.15, -0.1) is 0 Å². The van der Waals surface area contributed by atoms with Crippen LogP contribution >= 0.6 is 0 Å². The number of likely N-dealkylation sites (N-methyl/N-ethyl adjacent to an activating group) is 1. The molecular formula is C17H26N2O2. The van der Waals surface area contributed by atoms with E-state index in [2.05, 4.69) is 18.7 Å². The van der Waals surface area contributed by atoms with Gasteiger partial charge >= 0.3 is 0 Å². The average Bonchev–Trinajstić information content (AvgIpc) is 2.40. The van der Waals surface area contributed by atoms with Crippen LogP contribution in [-0.2, 0) is 9.53 Å². The molecule has 1 aliphatic rings. The third-order valence-electron chi connectivity index (χ3n) is 3.88. The molecule has 1 fully saturated rings. The number of nitrogens with zero attached hydrogens (tertiary/aromatic N) is 2. The molecule has 2 rings (SSSR count). The second-order valence-corrected chi connectivity index (χ2v) is 5.88. The van der Waals surface area contributed by atoms with Crippen molar-refractivity contribution >= 4 is 11.6 Å². The molecule has 0 radical (unpaired) electrons. The first kappa shape index (κ1) is 16.0. The Morgan fingerprint density at radius 3 is 2.48 bits per heavy atom. The van der Waals surface area contributed by atoms with Crippen molar-refractivity contribution in [3.63, 3.8) is 0 Å². The van der Waals surface area contributed by atoms with Crippen LogP contribution in [0.4, 0.5) is 5.69 Å². The number of amides is 1. The third kappa shape index (κ3) is 4.05. The van der Waals surface area contributed by atoms with Crippen LogP contribution in [0.15, 0.2) is 24.3 Å². The Bertz CT molecular complexity index is 479.